The Morgan fingerprint density at radius 3 is 2.33 bits per heavy atom. The summed E-state index contributed by atoms with van der Waals surface area (Å²) in [7, 11) is 1.56. The zero-order chi connectivity index (χ0) is 16.9. The Bertz CT molecular complexity index is 874. The average Bonchev–Trinajstić information content (AvgIpc) is 2.62. The molecule has 3 N–H and O–H groups in total. The van der Waals surface area contributed by atoms with Gasteiger partial charge in [-0.2, -0.15) is 0 Å². The predicted molar refractivity (Wildman–Crippen MR) is 97.3 cm³/mol. The van der Waals surface area contributed by atoms with E-state index < -0.39 is 0 Å². The van der Waals surface area contributed by atoms with Gasteiger partial charge in [-0.3, -0.25) is 0 Å². The van der Waals surface area contributed by atoms with Crippen LogP contribution in [0.5, 0.6) is 11.5 Å². The van der Waals surface area contributed by atoms with Gasteiger partial charge >= 0.3 is 0 Å². The number of methoxy groups -OCH3 is 1. The van der Waals surface area contributed by atoms with Crippen LogP contribution in [-0.4, -0.2) is 17.9 Å². The van der Waals surface area contributed by atoms with Gasteiger partial charge < -0.3 is 15.6 Å². The highest BCUT2D eigenvalue weighted by molar-refractivity contribution is 6.15. The zero-order valence-corrected chi connectivity index (χ0v) is 13.3. The molecule has 4 nitrogen and oxygen atoms in total. The topological polar surface area (TPSA) is 67.8 Å². The molecule has 0 spiro atoms. The highest BCUT2D eigenvalue weighted by Crippen LogP contribution is 2.29. The first-order valence-corrected chi connectivity index (χ1v) is 7.55. The molecule has 0 saturated carbocycles. The van der Waals surface area contributed by atoms with E-state index in [9.17, 15) is 5.11 Å². The van der Waals surface area contributed by atoms with Crippen molar-refractivity contribution < 1.29 is 9.84 Å². The summed E-state index contributed by atoms with van der Waals surface area (Å²) in [6.45, 7) is 0. The number of ether oxygens (including phenoxy) is 1. The van der Waals surface area contributed by atoms with E-state index in [0.29, 0.717) is 28.4 Å². The predicted octanol–water partition coefficient (Wildman–Crippen LogP) is 4.15. The number of para-hydroxylation sites is 2. The van der Waals surface area contributed by atoms with Crippen LogP contribution in [0.25, 0.3) is 0 Å². The van der Waals surface area contributed by atoms with Crippen LogP contribution < -0.4 is 10.5 Å². The summed E-state index contributed by atoms with van der Waals surface area (Å²) >= 11 is 0. The summed E-state index contributed by atoms with van der Waals surface area (Å²) in [4.78, 5) is 4.71. The van der Waals surface area contributed by atoms with Gasteiger partial charge in [0.15, 0.2) is 0 Å². The summed E-state index contributed by atoms with van der Waals surface area (Å²) in [5.41, 5.74) is 9.41. The molecule has 4 heteroatoms. The molecule has 0 saturated heterocycles. The van der Waals surface area contributed by atoms with Crippen LogP contribution in [0.1, 0.15) is 11.1 Å². The molecule has 0 heterocycles. The molecule has 0 aliphatic rings. The van der Waals surface area contributed by atoms with E-state index in [4.69, 9.17) is 15.5 Å². The van der Waals surface area contributed by atoms with Gasteiger partial charge in [0.2, 0.25) is 0 Å². The minimum Gasteiger partial charge on any atom is -0.507 e. The molecule has 3 rings (SSSR count). The number of nitrogens with two attached hydrogens (primary N) is 1. The van der Waals surface area contributed by atoms with E-state index in [0.717, 1.165) is 5.56 Å². The maximum atomic E-state index is 10.4. The lowest BCUT2D eigenvalue weighted by molar-refractivity contribution is 0.407. The van der Waals surface area contributed by atoms with E-state index in [-0.39, 0.29) is 5.75 Å². The number of aliphatic imine (C=N–C) groups is 1. The molecule has 0 aliphatic heterocycles. The van der Waals surface area contributed by atoms with Crippen LogP contribution >= 0.6 is 0 Å². The highest BCUT2D eigenvalue weighted by Gasteiger charge is 2.13. The lowest BCUT2D eigenvalue weighted by Gasteiger charge is -2.11. The van der Waals surface area contributed by atoms with Crippen molar-refractivity contribution >= 4 is 17.1 Å². The molecule has 24 heavy (non-hydrogen) atoms. The van der Waals surface area contributed by atoms with Crippen molar-refractivity contribution in [3.8, 4) is 11.5 Å². The minimum atomic E-state index is 0.103. The third kappa shape index (κ3) is 3.22. The summed E-state index contributed by atoms with van der Waals surface area (Å²) in [5, 5.41) is 10.4. The van der Waals surface area contributed by atoms with Gasteiger partial charge in [0.1, 0.15) is 11.5 Å². The SMILES string of the molecule is COc1ccc(C(=Nc2ccccc2N)c2ccccc2)c(O)c1. The summed E-state index contributed by atoms with van der Waals surface area (Å²) in [5.74, 6) is 0.689. The fraction of sp³-hybridized carbons (Fsp3) is 0.0500. The second kappa shape index (κ2) is 6.87. The molecule has 0 fully saturated rings. The summed E-state index contributed by atoms with van der Waals surface area (Å²) < 4.78 is 5.15. The Kier molecular flexibility index (Phi) is 4.47. The average molecular weight is 318 g/mol. The van der Waals surface area contributed by atoms with E-state index in [2.05, 4.69) is 0 Å². The van der Waals surface area contributed by atoms with E-state index in [1.165, 1.54) is 0 Å². The lowest BCUT2D eigenvalue weighted by atomic mass is 10.0. The van der Waals surface area contributed by atoms with E-state index in [1.807, 2.05) is 48.5 Å². The molecule has 0 unspecified atom stereocenters. The van der Waals surface area contributed by atoms with Crippen molar-refractivity contribution in [3.63, 3.8) is 0 Å². The van der Waals surface area contributed by atoms with Gasteiger partial charge in [-0.1, -0.05) is 42.5 Å². The Morgan fingerprint density at radius 2 is 1.67 bits per heavy atom. The number of aromatic hydroxyl groups is 1. The molecule has 0 aliphatic carbocycles. The second-order valence-electron chi connectivity index (χ2n) is 5.27. The molecule has 3 aromatic rings. The quantitative estimate of drug-likeness (QED) is 0.561. The maximum Gasteiger partial charge on any atom is 0.128 e. The van der Waals surface area contributed by atoms with Crippen LogP contribution in [0.3, 0.4) is 0 Å². The smallest absolute Gasteiger partial charge is 0.128 e. The number of hydrogen-bond acceptors (Lipinski definition) is 4. The van der Waals surface area contributed by atoms with Crippen LogP contribution in [0.4, 0.5) is 11.4 Å². The van der Waals surface area contributed by atoms with Crippen LogP contribution in [0.15, 0.2) is 77.8 Å². The van der Waals surface area contributed by atoms with Gasteiger partial charge in [0.25, 0.3) is 0 Å². The number of phenolic OH excluding ortho intramolecular Hbond substituents is 1. The molecular formula is C20H18N2O2. The Labute approximate surface area is 140 Å². The largest absolute Gasteiger partial charge is 0.507 e. The molecule has 0 bridgehead atoms. The molecule has 0 aromatic heterocycles. The zero-order valence-electron chi connectivity index (χ0n) is 13.3. The van der Waals surface area contributed by atoms with Crippen molar-refractivity contribution in [2.45, 2.75) is 0 Å². The summed E-state index contributed by atoms with van der Waals surface area (Å²) in [6, 6.07) is 22.2. The van der Waals surface area contributed by atoms with Crippen molar-refractivity contribution in [2.75, 3.05) is 12.8 Å². The molecule has 120 valence electrons. The van der Waals surface area contributed by atoms with Gasteiger partial charge in [0.05, 0.1) is 24.2 Å². The van der Waals surface area contributed by atoms with Gasteiger partial charge in [-0.25, -0.2) is 4.99 Å². The first-order valence-electron chi connectivity index (χ1n) is 7.55. The summed E-state index contributed by atoms with van der Waals surface area (Å²) in [6.07, 6.45) is 0. The Morgan fingerprint density at radius 1 is 0.958 bits per heavy atom. The Hall–Kier alpha value is -3.27. The fourth-order valence-corrected chi connectivity index (χ4v) is 2.42. The van der Waals surface area contributed by atoms with Crippen molar-refractivity contribution in [3.05, 3.63) is 83.9 Å². The van der Waals surface area contributed by atoms with Crippen molar-refractivity contribution in [1.82, 2.24) is 0 Å². The normalized spacial score (nSPS) is 11.3. The Balaban J connectivity index is 2.19. The second-order valence-corrected chi connectivity index (χ2v) is 5.27. The number of hydrogen-bond donors (Lipinski definition) is 2. The molecular weight excluding hydrogens is 300 g/mol. The molecule has 3 aromatic carbocycles. The lowest BCUT2D eigenvalue weighted by Crippen LogP contribution is -2.04. The number of phenols is 1. The highest BCUT2D eigenvalue weighted by atomic mass is 16.5. The van der Waals surface area contributed by atoms with Crippen LogP contribution in [-0.2, 0) is 0 Å². The molecule has 0 radical (unpaired) electrons. The first kappa shape index (κ1) is 15.6. The number of benzene rings is 3. The number of nitrogens with zero attached hydrogens (tertiary/aromatic N) is 1. The molecule has 0 atom stereocenters. The standard InChI is InChI=1S/C20H18N2O2/c1-24-15-11-12-16(19(23)13-15)20(14-7-3-2-4-8-14)22-18-10-6-5-9-17(18)21/h2-13,23H,21H2,1H3. The fourth-order valence-electron chi connectivity index (χ4n) is 2.42. The van der Waals surface area contributed by atoms with Crippen LogP contribution in [0.2, 0.25) is 0 Å². The van der Waals surface area contributed by atoms with Crippen molar-refractivity contribution in [2.24, 2.45) is 4.99 Å². The third-order valence-corrected chi connectivity index (χ3v) is 3.68. The maximum absolute atomic E-state index is 10.4. The van der Waals surface area contributed by atoms with E-state index in [1.54, 1.807) is 31.4 Å². The van der Waals surface area contributed by atoms with Gasteiger partial charge in [-0.05, 0) is 24.3 Å². The number of nitrogen functional groups attached to an aromatic ring is 1. The monoisotopic (exact) mass is 318 g/mol. The minimum absolute atomic E-state index is 0.103. The third-order valence-electron chi connectivity index (χ3n) is 3.68. The molecule has 0 amide bonds. The number of rotatable bonds is 4. The van der Waals surface area contributed by atoms with E-state index >= 15 is 0 Å². The van der Waals surface area contributed by atoms with Crippen LogP contribution in [0, 0.1) is 0 Å². The first-order chi connectivity index (χ1) is 11.7. The van der Waals surface area contributed by atoms with Gasteiger partial charge in [-0.15, -0.1) is 0 Å². The number of anilines is 1. The van der Waals surface area contributed by atoms with Crippen molar-refractivity contribution in [1.29, 1.82) is 0 Å². The van der Waals surface area contributed by atoms with Gasteiger partial charge in [0, 0.05) is 17.2 Å².